The molecule has 0 amide bonds. The lowest BCUT2D eigenvalue weighted by Crippen LogP contribution is -2.16. The van der Waals surface area contributed by atoms with Gasteiger partial charge < -0.3 is 10.1 Å². The number of rotatable bonds is 7. The summed E-state index contributed by atoms with van der Waals surface area (Å²) < 4.78 is 19.5. The maximum Gasteiger partial charge on any atom is 0.165 e. The second kappa shape index (κ2) is 7.49. The predicted molar refractivity (Wildman–Crippen MR) is 78.0 cm³/mol. The van der Waals surface area contributed by atoms with Crippen LogP contribution in [0.3, 0.4) is 0 Å². The fourth-order valence-corrected chi connectivity index (χ4v) is 1.71. The van der Waals surface area contributed by atoms with E-state index in [2.05, 4.69) is 33.0 Å². The van der Waals surface area contributed by atoms with Crippen LogP contribution in [-0.4, -0.2) is 13.2 Å². The fraction of sp³-hybridized carbons (Fsp3) is 0.625. The van der Waals surface area contributed by atoms with Crippen LogP contribution in [-0.2, 0) is 6.54 Å². The highest BCUT2D eigenvalue weighted by Crippen LogP contribution is 2.25. The highest BCUT2D eigenvalue weighted by Gasteiger charge is 2.13. The molecule has 0 heterocycles. The summed E-state index contributed by atoms with van der Waals surface area (Å²) >= 11 is 0. The number of para-hydroxylation sites is 1. The van der Waals surface area contributed by atoms with Gasteiger partial charge in [0, 0.05) is 12.1 Å². The fourth-order valence-electron chi connectivity index (χ4n) is 1.71. The first kappa shape index (κ1) is 16.0. The minimum Gasteiger partial charge on any atom is -0.490 e. The first-order chi connectivity index (χ1) is 8.94. The van der Waals surface area contributed by atoms with Gasteiger partial charge in [-0.05, 0) is 30.9 Å². The van der Waals surface area contributed by atoms with Gasteiger partial charge in [-0.3, -0.25) is 0 Å². The Balaban J connectivity index is 2.63. The van der Waals surface area contributed by atoms with Crippen molar-refractivity contribution >= 4 is 0 Å². The number of nitrogens with one attached hydrogen (secondary N) is 1. The number of halogens is 1. The third kappa shape index (κ3) is 6.06. The molecule has 19 heavy (non-hydrogen) atoms. The Morgan fingerprint density at radius 3 is 2.63 bits per heavy atom. The van der Waals surface area contributed by atoms with E-state index < -0.39 is 0 Å². The van der Waals surface area contributed by atoms with E-state index in [0.29, 0.717) is 18.9 Å². The molecule has 0 aliphatic rings. The lowest BCUT2D eigenvalue weighted by Gasteiger charge is -2.19. The molecule has 0 saturated carbocycles. The highest BCUT2D eigenvalue weighted by molar-refractivity contribution is 5.34. The summed E-state index contributed by atoms with van der Waals surface area (Å²) in [5, 5.41) is 3.28. The van der Waals surface area contributed by atoms with Gasteiger partial charge in [-0.25, -0.2) is 4.39 Å². The summed E-state index contributed by atoms with van der Waals surface area (Å²) in [6.45, 7) is 10.7. The third-order valence-electron chi connectivity index (χ3n) is 2.89. The van der Waals surface area contributed by atoms with Crippen molar-refractivity contribution in [3.63, 3.8) is 0 Å². The van der Waals surface area contributed by atoms with Crippen molar-refractivity contribution in [1.82, 2.24) is 5.32 Å². The quantitative estimate of drug-likeness (QED) is 0.750. The van der Waals surface area contributed by atoms with Crippen molar-refractivity contribution in [2.24, 2.45) is 5.41 Å². The van der Waals surface area contributed by atoms with Crippen LogP contribution >= 0.6 is 0 Å². The molecule has 108 valence electrons. The molecular formula is C16H26FNO. The van der Waals surface area contributed by atoms with Gasteiger partial charge in [0.05, 0.1) is 6.61 Å². The topological polar surface area (TPSA) is 21.3 Å². The van der Waals surface area contributed by atoms with Crippen molar-refractivity contribution < 1.29 is 9.13 Å². The van der Waals surface area contributed by atoms with Crippen molar-refractivity contribution in [2.45, 2.75) is 47.1 Å². The van der Waals surface area contributed by atoms with Crippen LogP contribution in [0.5, 0.6) is 5.75 Å². The van der Waals surface area contributed by atoms with E-state index in [9.17, 15) is 4.39 Å². The summed E-state index contributed by atoms with van der Waals surface area (Å²) in [5.41, 5.74) is 1.09. The summed E-state index contributed by atoms with van der Waals surface area (Å²) in [5.74, 6) is 0.125. The van der Waals surface area contributed by atoms with Gasteiger partial charge in [0.15, 0.2) is 11.6 Å². The van der Waals surface area contributed by atoms with Gasteiger partial charge in [0.1, 0.15) is 0 Å². The van der Waals surface area contributed by atoms with Crippen molar-refractivity contribution in [3.05, 3.63) is 29.6 Å². The summed E-state index contributed by atoms with van der Waals surface area (Å²) in [7, 11) is 0. The van der Waals surface area contributed by atoms with Gasteiger partial charge in [-0.1, -0.05) is 39.8 Å². The van der Waals surface area contributed by atoms with Crippen molar-refractivity contribution in [2.75, 3.05) is 13.2 Å². The van der Waals surface area contributed by atoms with Crippen molar-refractivity contribution in [3.8, 4) is 5.75 Å². The molecule has 0 aliphatic carbocycles. The molecule has 0 fully saturated rings. The van der Waals surface area contributed by atoms with E-state index in [4.69, 9.17) is 4.74 Å². The largest absolute Gasteiger partial charge is 0.490 e. The minimum absolute atomic E-state index is 0.200. The van der Waals surface area contributed by atoms with Gasteiger partial charge in [-0.2, -0.15) is 0 Å². The average Bonchev–Trinajstić information content (AvgIpc) is 2.31. The number of ether oxygens (including phenoxy) is 1. The van der Waals surface area contributed by atoms with Crippen LogP contribution in [0.4, 0.5) is 4.39 Å². The molecule has 1 rings (SSSR count). The van der Waals surface area contributed by atoms with Crippen LogP contribution in [0.1, 0.15) is 46.1 Å². The molecule has 0 unspecified atom stereocenters. The first-order valence-corrected chi connectivity index (χ1v) is 7.05. The Hall–Kier alpha value is -1.09. The molecule has 0 bridgehead atoms. The maximum atomic E-state index is 13.8. The van der Waals surface area contributed by atoms with Crippen LogP contribution in [0.2, 0.25) is 0 Å². The molecule has 3 heteroatoms. The van der Waals surface area contributed by atoms with E-state index >= 15 is 0 Å². The zero-order chi connectivity index (χ0) is 14.3. The smallest absolute Gasteiger partial charge is 0.165 e. The zero-order valence-electron chi connectivity index (χ0n) is 12.6. The molecule has 1 aromatic rings. The predicted octanol–water partition coefficient (Wildman–Crippen LogP) is 4.14. The summed E-state index contributed by atoms with van der Waals surface area (Å²) in [4.78, 5) is 0. The Kier molecular flexibility index (Phi) is 6.29. The van der Waals surface area contributed by atoms with E-state index in [1.165, 1.54) is 6.07 Å². The van der Waals surface area contributed by atoms with Crippen LogP contribution in [0, 0.1) is 11.2 Å². The lowest BCUT2D eigenvalue weighted by atomic mass is 9.93. The molecule has 1 aromatic carbocycles. The second-order valence-electron chi connectivity index (χ2n) is 6.06. The lowest BCUT2D eigenvalue weighted by molar-refractivity contribution is 0.233. The molecule has 0 radical (unpaired) electrons. The number of hydrogen-bond donors (Lipinski definition) is 1. The van der Waals surface area contributed by atoms with Gasteiger partial charge in [0.25, 0.3) is 0 Å². The van der Waals surface area contributed by atoms with Crippen molar-refractivity contribution in [1.29, 1.82) is 0 Å². The minimum atomic E-state index is -0.273. The van der Waals surface area contributed by atoms with Gasteiger partial charge >= 0.3 is 0 Å². The number of benzene rings is 1. The van der Waals surface area contributed by atoms with Gasteiger partial charge in [-0.15, -0.1) is 0 Å². The average molecular weight is 267 g/mol. The monoisotopic (exact) mass is 267 g/mol. The first-order valence-electron chi connectivity index (χ1n) is 7.05. The number of hydrogen-bond acceptors (Lipinski definition) is 2. The Labute approximate surface area is 116 Å². The Bertz CT molecular complexity index is 385. The normalized spacial score (nSPS) is 11.6. The third-order valence-corrected chi connectivity index (χ3v) is 2.89. The molecular weight excluding hydrogens is 241 g/mol. The molecule has 2 nitrogen and oxygen atoms in total. The van der Waals surface area contributed by atoms with E-state index in [-0.39, 0.29) is 11.2 Å². The second-order valence-corrected chi connectivity index (χ2v) is 6.06. The standard InChI is InChI=1S/C16H26FNO/c1-5-10-18-12-13-7-6-8-14(17)15(13)19-11-9-16(2,3)4/h6-8,18H,5,9-12H2,1-4H3. The van der Waals surface area contributed by atoms with Crippen LogP contribution < -0.4 is 10.1 Å². The molecule has 0 aliphatic heterocycles. The Morgan fingerprint density at radius 2 is 2.00 bits per heavy atom. The maximum absolute atomic E-state index is 13.8. The van der Waals surface area contributed by atoms with Gasteiger partial charge in [0.2, 0.25) is 0 Å². The van der Waals surface area contributed by atoms with E-state index in [0.717, 1.165) is 24.9 Å². The van der Waals surface area contributed by atoms with E-state index in [1.54, 1.807) is 6.07 Å². The summed E-state index contributed by atoms with van der Waals surface area (Å²) in [6.07, 6.45) is 1.97. The molecule has 0 saturated heterocycles. The zero-order valence-corrected chi connectivity index (χ0v) is 12.6. The summed E-state index contributed by atoms with van der Waals surface area (Å²) in [6, 6.07) is 5.10. The molecule has 0 atom stereocenters. The SMILES string of the molecule is CCCNCc1cccc(F)c1OCCC(C)(C)C. The van der Waals surface area contributed by atoms with Crippen LogP contribution in [0.25, 0.3) is 0 Å². The highest BCUT2D eigenvalue weighted by atomic mass is 19.1. The molecule has 1 N–H and O–H groups in total. The Morgan fingerprint density at radius 1 is 1.26 bits per heavy atom. The molecule has 0 spiro atoms. The van der Waals surface area contributed by atoms with E-state index in [1.807, 2.05) is 6.07 Å². The molecule has 0 aromatic heterocycles. The van der Waals surface area contributed by atoms with Crippen LogP contribution in [0.15, 0.2) is 18.2 Å².